The molecule has 20 heavy (non-hydrogen) atoms. The number of nitrogens with zero attached hydrogens (tertiary/aromatic N) is 2. The van der Waals surface area contributed by atoms with Crippen molar-refractivity contribution in [2.75, 3.05) is 6.54 Å². The SMILES string of the molecule is CCN(Cc1ccncc1)Cc1ccc(C(=O)O)cc1. The lowest BCUT2D eigenvalue weighted by molar-refractivity contribution is 0.0697. The van der Waals surface area contributed by atoms with Crippen molar-refractivity contribution < 1.29 is 9.90 Å². The Balaban J connectivity index is 2.01. The predicted molar refractivity (Wildman–Crippen MR) is 77.4 cm³/mol. The smallest absolute Gasteiger partial charge is 0.335 e. The minimum atomic E-state index is -0.888. The Kier molecular flexibility index (Phi) is 4.85. The minimum absolute atomic E-state index is 0.325. The zero-order valence-electron chi connectivity index (χ0n) is 11.5. The highest BCUT2D eigenvalue weighted by Crippen LogP contribution is 2.10. The Labute approximate surface area is 118 Å². The van der Waals surface area contributed by atoms with Gasteiger partial charge in [0.2, 0.25) is 0 Å². The molecule has 1 aromatic heterocycles. The second kappa shape index (κ2) is 6.82. The number of carboxylic acids is 1. The molecular formula is C16H18N2O2. The van der Waals surface area contributed by atoms with E-state index in [0.717, 1.165) is 25.2 Å². The molecule has 0 saturated carbocycles. The highest BCUT2D eigenvalue weighted by molar-refractivity contribution is 5.87. The molecule has 4 nitrogen and oxygen atoms in total. The molecule has 2 rings (SSSR count). The first-order valence-corrected chi connectivity index (χ1v) is 6.62. The number of aromatic carboxylic acids is 1. The zero-order valence-corrected chi connectivity index (χ0v) is 11.5. The van der Waals surface area contributed by atoms with Gasteiger partial charge in [-0.05, 0) is 41.9 Å². The Bertz CT molecular complexity index is 552. The van der Waals surface area contributed by atoms with E-state index in [9.17, 15) is 4.79 Å². The second-order valence-corrected chi connectivity index (χ2v) is 4.66. The lowest BCUT2D eigenvalue weighted by atomic mass is 10.1. The third-order valence-electron chi connectivity index (χ3n) is 3.21. The molecule has 0 atom stereocenters. The molecular weight excluding hydrogens is 252 g/mol. The van der Waals surface area contributed by atoms with Gasteiger partial charge in [-0.25, -0.2) is 4.79 Å². The van der Waals surface area contributed by atoms with Crippen LogP contribution in [0.2, 0.25) is 0 Å². The van der Waals surface area contributed by atoms with Crippen LogP contribution in [-0.2, 0) is 13.1 Å². The molecule has 0 radical (unpaired) electrons. The van der Waals surface area contributed by atoms with E-state index in [1.54, 1.807) is 24.5 Å². The van der Waals surface area contributed by atoms with Crippen LogP contribution in [0.1, 0.15) is 28.4 Å². The topological polar surface area (TPSA) is 53.4 Å². The number of hydrogen-bond donors (Lipinski definition) is 1. The Morgan fingerprint density at radius 2 is 1.60 bits per heavy atom. The van der Waals surface area contributed by atoms with E-state index >= 15 is 0 Å². The van der Waals surface area contributed by atoms with Crippen LogP contribution in [0.4, 0.5) is 0 Å². The largest absolute Gasteiger partial charge is 0.478 e. The molecule has 0 aliphatic heterocycles. The first-order chi connectivity index (χ1) is 9.69. The summed E-state index contributed by atoms with van der Waals surface area (Å²) in [5.74, 6) is -0.888. The lowest BCUT2D eigenvalue weighted by Gasteiger charge is -2.20. The normalized spacial score (nSPS) is 10.7. The van der Waals surface area contributed by atoms with Gasteiger partial charge < -0.3 is 5.11 Å². The molecule has 0 aliphatic rings. The summed E-state index contributed by atoms with van der Waals surface area (Å²) >= 11 is 0. The third-order valence-corrected chi connectivity index (χ3v) is 3.21. The van der Waals surface area contributed by atoms with Crippen molar-refractivity contribution in [2.45, 2.75) is 20.0 Å². The van der Waals surface area contributed by atoms with Crippen molar-refractivity contribution in [2.24, 2.45) is 0 Å². The monoisotopic (exact) mass is 270 g/mol. The van der Waals surface area contributed by atoms with Crippen molar-refractivity contribution >= 4 is 5.97 Å². The fraction of sp³-hybridized carbons (Fsp3) is 0.250. The molecule has 1 aromatic carbocycles. The van der Waals surface area contributed by atoms with Crippen LogP contribution >= 0.6 is 0 Å². The zero-order chi connectivity index (χ0) is 14.4. The molecule has 0 spiro atoms. The van der Waals surface area contributed by atoms with Gasteiger partial charge >= 0.3 is 5.97 Å². The van der Waals surface area contributed by atoms with E-state index in [-0.39, 0.29) is 0 Å². The van der Waals surface area contributed by atoms with Gasteiger partial charge in [0.25, 0.3) is 0 Å². The Hall–Kier alpha value is -2.20. The molecule has 1 N–H and O–H groups in total. The summed E-state index contributed by atoms with van der Waals surface area (Å²) in [4.78, 5) is 17.1. The standard InChI is InChI=1S/C16H18N2O2/c1-2-18(12-14-7-9-17-10-8-14)11-13-3-5-15(6-4-13)16(19)20/h3-10H,2,11-12H2,1H3,(H,19,20). The summed E-state index contributed by atoms with van der Waals surface area (Å²) in [5, 5.41) is 8.88. The van der Waals surface area contributed by atoms with E-state index < -0.39 is 5.97 Å². The minimum Gasteiger partial charge on any atom is -0.478 e. The fourth-order valence-corrected chi connectivity index (χ4v) is 2.04. The van der Waals surface area contributed by atoms with Gasteiger partial charge in [0, 0.05) is 25.5 Å². The average Bonchev–Trinajstić information content (AvgIpc) is 2.48. The molecule has 2 aromatic rings. The molecule has 0 saturated heterocycles. The molecule has 0 unspecified atom stereocenters. The second-order valence-electron chi connectivity index (χ2n) is 4.66. The Morgan fingerprint density at radius 3 is 2.10 bits per heavy atom. The van der Waals surface area contributed by atoms with Crippen LogP contribution in [0, 0.1) is 0 Å². The van der Waals surface area contributed by atoms with Gasteiger partial charge in [-0.1, -0.05) is 19.1 Å². The predicted octanol–water partition coefficient (Wildman–Crippen LogP) is 2.80. The van der Waals surface area contributed by atoms with Gasteiger partial charge in [0.15, 0.2) is 0 Å². The van der Waals surface area contributed by atoms with Gasteiger partial charge in [-0.15, -0.1) is 0 Å². The summed E-state index contributed by atoms with van der Waals surface area (Å²) < 4.78 is 0. The van der Waals surface area contributed by atoms with Crippen molar-refractivity contribution in [3.63, 3.8) is 0 Å². The van der Waals surface area contributed by atoms with Crippen molar-refractivity contribution in [1.29, 1.82) is 0 Å². The van der Waals surface area contributed by atoms with E-state index in [0.29, 0.717) is 5.56 Å². The van der Waals surface area contributed by atoms with Gasteiger partial charge in [-0.2, -0.15) is 0 Å². The van der Waals surface area contributed by atoms with Gasteiger partial charge in [0.05, 0.1) is 5.56 Å². The maximum Gasteiger partial charge on any atom is 0.335 e. The molecule has 0 fully saturated rings. The van der Waals surface area contributed by atoms with Crippen LogP contribution in [0.15, 0.2) is 48.8 Å². The Morgan fingerprint density at radius 1 is 1.05 bits per heavy atom. The molecule has 0 amide bonds. The quantitative estimate of drug-likeness (QED) is 0.877. The number of benzene rings is 1. The first-order valence-electron chi connectivity index (χ1n) is 6.62. The summed E-state index contributed by atoms with van der Waals surface area (Å²) in [6, 6.07) is 11.1. The van der Waals surface area contributed by atoms with Crippen molar-refractivity contribution in [3.05, 3.63) is 65.5 Å². The third kappa shape index (κ3) is 3.90. The van der Waals surface area contributed by atoms with Crippen LogP contribution < -0.4 is 0 Å². The molecule has 0 bridgehead atoms. The lowest BCUT2D eigenvalue weighted by Crippen LogP contribution is -2.22. The van der Waals surface area contributed by atoms with Crippen molar-refractivity contribution in [1.82, 2.24) is 9.88 Å². The maximum absolute atomic E-state index is 10.8. The summed E-state index contributed by atoms with van der Waals surface area (Å²) in [6.45, 7) is 4.72. The molecule has 1 heterocycles. The first kappa shape index (κ1) is 14.2. The van der Waals surface area contributed by atoms with Crippen LogP contribution in [0.3, 0.4) is 0 Å². The number of pyridine rings is 1. The number of carbonyl (C=O) groups is 1. The number of hydrogen-bond acceptors (Lipinski definition) is 3. The number of carboxylic acid groups (broad SMARTS) is 1. The number of aromatic nitrogens is 1. The molecule has 0 aliphatic carbocycles. The van der Waals surface area contributed by atoms with E-state index in [1.165, 1.54) is 5.56 Å². The molecule has 4 heteroatoms. The highest BCUT2D eigenvalue weighted by Gasteiger charge is 2.06. The number of rotatable bonds is 6. The van der Waals surface area contributed by atoms with Gasteiger partial charge in [-0.3, -0.25) is 9.88 Å². The fourth-order valence-electron chi connectivity index (χ4n) is 2.04. The summed E-state index contributed by atoms with van der Waals surface area (Å²) in [7, 11) is 0. The van der Waals surface area contributed by atoms with Crippen LogP contribution in [0.25, 0.3) is 0 Å². The van der Waals surface area contributed by atoms with E-state index in [2.05, 4.69) is 16.8 Å². The maximum atomic E-state index is 10.8. The summed E-state index contributed by atoms with van der Waals surface area (Å²) in [5.41, 5.74) is 2.67. The molecule has 104 valence electrons. The van der Waals surface area contributed by atoms with Crippen LogP contribution in [-0.4, -0.2) is 27.5 Å². The van der Waals surface area contributed by atoms with E-state index in [1.807, 2.05) is 24.3 Å². The van der Waals surface area contributed by atoms with Crippen LogP contribution in [0.5, 0.6) is 0 Å². The average molecular weight is 270 g/mol. The van der Waals surface area contributed by atoms with Gasteiger partial charge in [0.1, 0.15) is 0 Å². The highest BCUT2D eigenvalue weighted by atomic mass is 16.4. The van der Waals surface area contributed by atoms with E-state index in [4.69, 9.17) is 5.11 Å². The summed E-state index contributed by atoms with van der Waals surface area (Å²) in [6.07, 6.45) is 3.59. The van der Waals surface area contributed by atoms with Crippen molar-refractivity contribution in [3.8, 4) is 0 Å².